The summed E-state index contributed by atoms with van der Waals surface area (Å²) in [5, 5.41) is 2.73. The van der Waals surface area contributed by atoms with Crippen molar-refractivity contribution in [3.05, 3.63) is 65.0 Å². The van der Waals surface area contributed by atoms with Gasteiger partial charge in [-0.1, -0.05) is 32.0 Å². The number of carbonyl (C=O) groups excluding carboxylic acids is 2. The Labute approximate surface area is 158 Å². The third kappa shape index (κ3) is 5.29. The Balaban J connectivity index is 2.08. The van der Waals surface area contributed by atoms with E-state index in [1.54, 1.807) is 12.1 Å². The molecule has 2 aromatic carbocycles. The standard InChI is InChI=1S/C21H24FNO4/c1-13(2)19(23-20(24)17-8-6-5-7-14(17)3)21(25)27-12-15-11-16(22)9-10-18(15)26-4/h5-11,13,19H,12H2,1-4H3,(H,23,24). The molecular weight excluding hydrogens is 349 g/mol. The maximum Gasteiger partial charge on any atom is 0.329 e. The van der Waals surface area contributed by atoms with Gasteiger partial charge in [-0.3, -0.25) is 4.79 Å². The Morgan fingerprint density at radius 1 is 1.15 bits per heavy atom. The van der Waals surface area contributed by atoms with E-state index in [0.717, 1.165) is 5.56 Å². The SMILES string of the molecule is COc1ccc(F)cc1COC(=O)C(NC(=O)c1ccccc1C)C(C)C. The molecule has 1 amide bonds. The molecule has 0 heterocycles. The van der Waals surface area contributed by atoms with Gasteiger partial charge in [0.05, 0.1) is 7.11 Å². The number of amides is 1. The van der Waals surface area contributed by atoms with Crippen LogP contribution >= 0.6 is 0 Å². The Morgan fingerprint density at radius 3 is 2.48 bits per heavy atom. The van der Waals surface area contributed by atoms with Crippen molar-refractivity contribution in [1.29, 1.82) is 0 Å². The van der Waals surface area contributed by atoms with Gasteiger partial charge in [0.25, 0.3) is 5.91 Å². The third-order valence-corrected chi connectivity index (χ3v) is 4.21. The van der Waals surface area contributed by atoms with Crippen LogP contribution in [0.2, 0.25) is 0 Å². The lowest BCUT2D eigenvalue weighted by Gasteiger charge is -2.21. The van der Waals surface area contributed by atoms with Crippen LogP contribution in [0.1, 0.15) is 35.3 Å². The number of carbonyl (C=O) groups is 2. The van der Waals surface area contributed by atoms with Gasteiger partial charge in [0.15, 0.2) is 0 Å². The summed E-state index contributed by atoms with van der Waals surface area (Å²) >= 11 is 0. The third-order valence-electron chi connectivity index (χ3n) is 4.21. The molecule has 27 heavy (non-hydrogen) atoms. The molecule has 0 spiro atoms. The van der Waals surface area contributed by atoms with Gasteiger partial charge in [0.1, 0.15) is 24.2 Å². The number of aryl methyl sites for hydroxylation is 1. The Bertz CT molecular complexity index is 820. The molecule has 2 rings (SSSR count). The van der Waals surface area contributed by atoms with Gasteiger partial charge >= 0.3 is 5.97 Å². The van der Waals surface area contributed by atoms with E-state index in [1.165, 1.54) is 25.3 Å². The summed E-state index contributed by atoms with van der Waals surface area (Å²) in [5.74, 6) is -1.13. The van der Waals surface area contributed by atoms with E-state index in [2.05, 4.69) is 5.32 Å². The first-order chi connectivity index (χ1) is 12.8. The van der Waals surface area contributed by atoms with E-state index >= 15 is 0 Å². The summed E-state index contributed by atoms with van der Waals surface area (Å²) in [6, 6.07) is 10.3. The van der Waals surface area contributed by atoms with Crippen molar-refractivity contribution in [3.63, 3.8) is 0 Å². The van der Waals surface area contributed by atoms with Gasteiger partial charge in [-0.25, -0.2) is 9.18 Å². The first-order valence-electron chi connectivity index (χ1n) is 8.69. The summed E-state index contributed by atoms with van der Waals surface area (Å²) in [5.41, 5.74) is 1.73. The normalized spacial score (nSPS) is 11.8. The van der Waals surface area contributed by atoms with Crippen molar-refractivity contribution < 1.29 is 23.5 Å². The average Bonchev–Trinajstić information content (AvgIpc) is 2.64. The second-order valence-electron chi connectivity index (χ2n) is 6.57. The van der Waals surface area contributed by atoms with Crippen LogP contribution in [0.25, 0.3) is 0 Å². The van der Waals surface area contributed by atoms with Crippen LogP contribution in [0.3, 0.4) is 0 Å². The summed E-state index contributed by atoms with van der Waals surface area (Å²) in [7, 11) is 1.46. The van der Waals surface area contributed by atoms with Gasteiger partial charge in [-0.05, 0) is 42.7 Å². The molecule has 0 radical (unpaired) electrons. The molecule has 5 nitrogen and oxygen atoms in total. The summed E-state index contributed by atoms with van der Waals surface area (Å²) < 4.78 is 23.9. The zero-order valence-electron chi connectivity index (χ0n) is 15.9. The van der Waals surface area contributed by atoms with E-state index in [0.29, 0.717) is 16.9 Å². The number of nitrogens with one attached hydrogen (secondary N) is 1. The fraction of sp³-hybridized carbons (Fsp3) is 0.333. The molecular formula is C21H24FNO4. The molecule has 0 fully saturated rings. The molecule has 0 saturated carbocycles. The molecule has 6 heteroatoms. The maximum atomic E-state index is 13.4. The van der Waals surface area contributed by atoms with E-state index < -0.39 is 17.8 Å². The minimum Gasteiger partial charge on any atom is -0.496 e. The monoisotopic (exact) mass is 373 g/mol. The highest BCUT2D eigenvalue weighted by atomic mass is 19.1. The van der Waals surface area contributed by atoms with Crippen LogP contribution in [-0.4, -0.2) is 25.0 Å². The van der Waals surface area contributed by atoms with Crippen LogP contribution < -0.4 is 10.1 Å². The van der Waals surface area contributed by atoms with Gasteiger partial charge < -0.3 is 14.8 Å². The van der Waals surface area contributed by atoms with Gasteiger partial charge in [-0.15, -0.1) is 0 Å². The maximum absolute atomic E-state index is 13.4. The van der Waals surface area contributed by atoms with Crippen molar-refractivity contribution in [1.82, 2.24) is 5.32 Å². The number of halogens is 1. The van der Waals surface area contributed by atoms with Crippen molar-refractivity contribution in [3.8, 4) is 5.75 Å². The van der Waals surface area contributed by atoms with Crippen LogP contribution in [0.5, 0.6) is 5.75 Å². The number of esters is 1. The van der Waals surface area contributed by atoms with E-state index in [9.17, 15) is 14.0 Å². The van der Waals surface area contributed by atoms with Gasteiger partial charge in [0.2, 0.25) is 0 Å². The van der Waals surface area contributed by atoms with Crippen LogP contribution in [0.4, 0.5) is 4.39 Å². The number of hydrogen-bond donors (Lipinski definition) is 1. The second-order valence-corrected chi connectivity index (χ2v) is 6.57. The highest BCUT2D eigenvalue weighted by molar-refractivity contribution is 5.98. The highest BCUT2D eigenvalue weighted by Crippen LogP contribution is 2.20. The Morgan fingerprint density at radius 2 is 1.85 bits per heavy atom. The molecule has 0 aliphatic carbocycles. The summed E-state index contributed by atoms with van der Waals surface area (Å²) in [4.78, 5) is 25.0. The van der Waals surface area contributed by atoms with Crippen molar-refractivity contribution in [2.45, 2.75) is 33.4 Å². The lowest BCUT2D eigenvalue weighted by atomic mass is 10.0. The summed E-state index contributed by atoms with van der Waals surface area (Å²) in [6.45, 7) is 5.30. The topological polar surface area (TPSA) is 64.6 Å². The molecule has 0 aliphatic rings. The number of benzene rings is 2. The zero-order valence-corrected chi connectivity index (χ0v) is 15.9. The van der Waals surface area contributed by atoms with Gasteiger partial charge in [0, 0.05) is 11.1 Å². The molecule has 0 aromatic heterocycles. The van der Waals surface area contributed by atoms with E-state index in [1.807, 2.05) is 32.9 Å². The second kappa shape index (κ2) is 9.16. The zero-order chi connectivity index (χ0) is 20.0. The quantitative estimate of drug-likeness (QED) is 0.753. The summed E-state index contributed by atoms with van der Waals surface area (Å²) in [6.07, 6.45) is 0. The minimum absolute atomic E-state index is 0.150. The van der Waals surface area contributed by atoms with Crippen molar-refractivity contribution in [2.24, 2.45) is 5.92 Å². The van der Waals surface area contributed by atoms with Crippen LogP contribution in [0, 0.1) is 18.7 Å². The van der Waals surface area contributed by atoms with Crippen LogP contribution in [0.15, 0.2) is 42.5 Å². The number of ether oxygens (including phenoxy) is 2. The fourth-order valence-electron chi connectivity index (χ4n) is 2.64. The molecule has 0 bridgehead atoms. The molecule has 0 saturated heterocycles. The van der Waals surface area contributed by atoms with Crippen molar-refractivity contribution in [2.75, 3.05) is 7.11 Å². The number of hydrogen-bond acceptors (Lipinski definition) is 4. The van der Waals surface area contributed by atoms with Gasteiger partial charge in [-0.2, -0.15) is 0 Å². The number of methoxy groups -OCH3 is 1. The first kappa shape index (κ1) is 20.4. The predicted molar refractivity (Wildman–Crippen MR) is 100 cm³/mol. The molecule has 144 valence electrons. The first-order valence-corrected chi connectivity index (χ1v) is 8.69. The predicted octanol–water partition coefficient (Wildman–Crippen LogP) is 3.64. The Hall–Kier alpha value is -2.89. The van der Waals surface area contributed by atoms with E-state index in [4.69, 9.17) is 9.47 Å². The molecule has 1 atom stereocenters. The number of rotatable bonds is 7. The minimum atomic E-state index is -0.823. The lowest BCUT2D eigenvalue weighted by Crippen LogP contribution is -2.45. The largest absolute Gasteiger partial charge is 0.496 e. The highest BCUT2D eigenvalue weighted by Gasteiger charge is 2.27. The molecule has 2 aromatic rings. The Kier molecular flexibility index (Phi) is 6.93. The average molecular weight is 373 g/mol. The lowest BCUT2D eigenvalue weighted by molar-refractivity contribution is -0.148. The molecule has 0 aliphatic heterocycles. The van der Waals surface area contributed by atoms with Crippen LogP contribution in [-0.2, 0) is 16.1 Å². The molecule has 1 N–H and O–H groups in total. The smallest absolute Gasteiger partial charge is 0.329 e. The van der Waals surface area contributed by atoms with Crippen molar-refractivity contribution >= 4 is 11.9 Å². The fourth-order valence-corrected chi connectivity index (χ4v) is 2.64. The molecule has 1 unspecified atom stereocenters. The van der Waals surface area contributed by atoms with E-state index in [-0.39, 0.29) is 18.4 Å².